The van der Waals surface area contributed by atoms with E-state index in [1.807, 2.05) is 29.3 Å². The number of hydrogen-bond acceptors (Lipinski definition) is 2. The summed E-state index contributed by atoms with van der Waals surface area (Å²) in [6.45, 7) is 1.35. The Bertz CT molecular complexity index is 1030. The van der Waals surface area contributed by atoms with E-state index in [2.05, 4.69) is 22.1 Å². The van der Waals surface area contributed by atoms with Crippen molar-refractivity contribution in [1.29, 1.82) is 0 Å². The van der Waals surface area contributed by atoms with Crippen LogP contribution < -0.4 is 0 Å². The summed E-state index contributed by atoms with van der Waals surface area (Å²) in [5.74, 6) is 0.141. The summed E-state index contributed by atoms with van der Waals surface area (Å²) >= 11 is 12.3. The van der Waals surface area contributed by atoms with Gasteiger partial charge in [0.05, 0.1) is 10.0 Å². The highest BCUT2D eigenvalue weighted by Gasteiger charge is 2.19. The average molecular weight is 400 g/mol. The normalized spacial score (nSPS) is 14.4. The molecular weight excluding hydrogens is 381 g/mol. The van der Waals surface area contributed by atoms with Crippen molar-refractivity contribution in [2.75, 3.05) is 13.1 Å². The van der Waals surface area contributed by atoms with Gasteiger partial charge in [-0.2, -0.15) is 0 Å². The number of nitrogens with zero attached hydrogens (tertiary/aromatic N) is 2. The van der Waals surface area contributed by atoms with Gasteiger partial charge in [0.25, 0.3) is 0 Å². The fraction of sp³-hybridized carbons (Fsp3) is 0.238. The fourth-order valence-electron chi connectivity index (χ4n) is 3.50. The van der Waals surface area contributed by atoms with Gasteiger partial charge in [0.2, 0.25) is 5.91 Å². The standard InChI is InChI=1S/C21H19Cl2N3O/c22-18-5-1-3-15(20(18)23)6-7-19(27)26-11-8-14(9-12-26)17-13-25-21-16(17)4-2-10-24-21/h1-5,8,10,13H,6-7,9,11-12H2,(H,24,25). The largest absolute Gasteiger partial charge is 0.346 e. The first-order valence-electron chi connectivity index (χ1n) is 8.95. The zero-order valence-corrected chi connectivity index (χ0v) is 16.2. The number of aryl methyl sites for hydroxylation is 1. The molecule has 0 saturated heterocycles. The molecule has 0 unspecified atom stereocenters. The Hall–Kier alpha value is -2.30. The van der Waals surface area contributed by atoms with Gasteiger partial charge in [-0.05, 0) is 42.2 Å². The molecule has 3 aromatic rings. The van der Waals surface area contributed by atoms with E-state index < -0.39 is 0 Å². The van der Waals surface area contributed by atoms with Crippen LogP contribution in [-0.2, 0) is 11.2 Å². The number of pyridine rings is 1. The van der Waals surface area contributed by atoms with Crippen LogP contribution in [-0.4, -0.2) is 33.9 Å². The molecule has 0 fully saturated rings. The van der Waals surface area contributed by atoms with E-state index in [0.717, 1.165) is 29.6 Å². The second kappa shape index (κ2) is 7.75. The first-order valence-corrected chi connectivity index (χ1v) is 9.71. The van der Waals surface area contributed by atoms with E-state index in [1.54, 1.807) is 12.3 Å². The summed E-state index contributed by atoms with van der Waals surface area (Å²) in [6, 6.07) is 9.55. The number of hydrogen-bond donors (Lipinski definition) is 1. The summed E-state index contributed by atoms with van der Waals surface area (Å²) in [5.41, 5.74) is 4.24. The third kappa shape index (κ3) is 3.73. The lowest BCUT2D eigenvalue weighted by Crippen LogP contribution is -2.34. The number of benzene rings is 1. The Morgan fingerprint density at radius 3 is 2.93 bits per heavy atom. The van der Waals surface area contributed by atoms with Crippen LogP contribution in [0.15, 0.2) is 48.8 Å². The molecule has 1 aliphatic heterocycles. The molecule has 0 spiro atoms. The molecule has 0 aliphatic carbocycles. The number of halogens is 2. The molecule has 6 heteroatoms. The third-order valence-electron chi connectivity index (χ3n) is 5.00. The summed E-state index contributed by atoms with van der Waals surface area (Å²) in [6.07, 6.45) is 7.79. The summed E-state index contributed by atoms with van der Waals surface area (Å²) in [4.78, 5) is 22.0. The van der Waals surface area contributed by atoms with Crippen molar-refractivity contribution in [3.8, 4) is 0 Å². The number of aromatic nitrogens is 2. The molecule has 0 radical (unpaired) electrons. The highest BCUT2D eigenvalue weighted by molar-refractivity contribution is 6.42. The highest BCUT2D eigenvalue weighted by atomic mass is 35.5. The van der Waals surface area contributed by atoms with Crippen molar-refractivity contribution >= 4 is 45.7 Å². The van der Waals surface area contributed by atoms with Crippen LogP contribution in [0.4, 0.5) is 0 Å². The van der Waals surface area contributed by atoms with Crippen LogP contribution in [0, 0.1) is 0 Å². The number of amides is 1. The molecule has 27 heavy (non-hydrogen) atoms. The predicted molar refractivity (Wildman–Crippen MR) is 110 cm³/mol. The molecule has 138 valence electrons. The minimum atomic E-state index is 0.141. The van der Waals surface area contributed by atoms with E-state index in [4.69, 9.17) is 23.2 Å². The molecular formula is C21H19Cl2N3O. The molecule has 3 heterocycles. The number of nitrogens with one attached hydrogen (secondary N) is 1. The summed E-state index contributed by atoms with van der Waals surface area (Å²) < 4.78 is 0. The number of rotatable bonds is 4. The zero-order valence-electron chi connectivity index (χ0n) is 14.7. The van der Waals surface area contributed by atoms with Crippen molar-refractivity contribution in [2.45, 2.75) is 19.3 Å². The number of fused-ring (bicyclic) bond motifs is 1. The van der Waals surface area contributed by atoms with Gasteiger partial charge < -0.3 is 9.88 Å². The lowest BCUT2D eigenvalue weighted by molar-refractivity contribution is -0.130. The molecule has 2 aromatic heterocycles. The van der Waals surface area contributed by atoms with Crippen LogP contribution >= 0.6 is 23.2 Å². The van der Waals surface area contributed by atoms with Crippen LogP contribution in [0.25, 0.3) is 16.6 Å². The van der Waals surface area contributed by atoms with Crippen LogP contribution in [0.3, 0.4) is 0 Å². The summed E-state index contributed by atoms with van der Waals surface area (Å²) in [7, 11) is 0. The van der Waals surface area contributed by atoms with Crippen molar-refractivity contribution in [3.63, 3.8) is 0 Å². The maximum atomic E-state index is 12.6. The van der Waals surface area contributed by atoms with E-state index in [0.29, 0.717) is 29.4 Å². The monoisotopic (exact) mass is 399 g/mol. The second-order valence-corrected chi connectivity index (χ2v) is 7.42. The van der Waals surface area contributed by atoms with Crippen molar-refractivity contribution in [2.24, 2.45) is 0 Å². The molecule has 1 amide bonds. The van der Waals surface area contributed by atoms with Gasteiger partial charge in [0.15, 0.2) is 0 Å². The Balaban J connectivity index is 1.41. The van der Waals surface area contributed by atoms with Gasteiger partial charge in [0, 0.05) is 42.9 Å². The van der Waals surface area contributed by atoms with Gasteiger partial charge in [-0.3, -0.25) is 4.79 Å². The lowest BCUT2D eigenvalue weighted by Gasteiger charge is -2.26. The second-order valence-electron chi connectivity index (χ2n) is 6.63. The SMILES string of the molecule is O=C(CCc1cccc(Cl)c1Cl)N1CC=C(c2c[nH]c3ncccc23)CC1. The molecule has 1 aromatic carbocycles. The molecule has 1 aliphatic rings. The van der Waals surface area contributed by atoms with E-state index in [1.165, 1.54) is 11.1 Å². The third-order valence-corrected chi connectivity index (χ3v) is 5.86. The highest BCUT2D eigenvalue weighted by Crippen LogP contribution is 2.29. The molecule has 1 N–H and O–H groups in total. The predicted octanol–water partition coefficient (Wildman–Crippen LogP) is 5.12. The quantitative estimate of drug-likeness (QED) is 0.661. The topological polar surface area (TPSA) is 49.0 Å². The Kier molecular flexibility index (Phi) is 5.19. The smallest absolute Gasteiger partial charge is 0.223 e. The van der Waals surface area contributed by atoms with Gasteiger partial charge >= 0.3 is 0 Å². The fourth-order valence-corrected chi connectivity index (χ4v) is 3.92. The van der Waals surface area contributed by atoms with E-state index in [-0.39, 0.29) is 5.91 Å². The van der Waals surface area contributed by atoms with Crippen LogP contribution in [0.2, 0.25) is 10.0 Å². The van der Waals surface area contributed by atoms with Crippen molar-refractivity contribution < 1.29 is 4.79 Å². The van der Waals surface area contributed by atoms with Gasteiger partial charge in [-0.25, -0.2) is 4.98 Å². The molecule has 0 saturated carbocycles. The van der Waals surface area contributed by atoms with Gasteiger partial charge in [-0.15, -0.1) is 0 Å². The zero-order chi connectivity index (χ0) is 18.8. The molecule has 0 bridgehead atoms. The van der Waals surface area contributed by atoms with E-state index >= 15 is 0 Å². The molecule has 4 nitrogen and oxygen atoms in total. The first-order chi connectivity index (χ1) is 13.1. The van der Waals surface area contributed by atoms with Gasteiger partial charge in [-0.1, -0.05) is 41.4 Å². The number of H-pyrrole nitrogens is 1. The molecule has 4 rings (SSSR count). The van der Waals surface area contributed by atoms with Gasteiger partial charge in [0.1, 0.15) is 5.65 Å². The Morgan fingerprint density at radius 2 is 2.11 bits per heavy atom. The molecule has 0 atom stereocenters. The minimum absolute atomic E-state index is 0.141. The maximum Gasteiger partial charge on any atom is 0.223 e. The number of carbonyl (C=O) groups excluding carboxylic acids is 1. The van der Waals surface area contributed by atoms with Crippen molar-refractivity contribution in [3.05, 3.63) is 70.0 Å². The number of carbonyl (C=O) groups is 1. The summed E-state index contributed by atoms with van der Waals surface area (Å²) in [5, 5.41) is 2.19. The minimum Gasteiger partial charge on any atom is -0.346 e. The lowest BCUT2D eigenvalue weighted by atomic mass is 9.99. The van der Waals surface area contributed by atoms with Crippen molar-refractivity contribution in [1.82, 2.24) is 14.9 Å². The Morgan fingerprint density at radius 1 is 1.22 bits per heavy atom. The van der Waals surface area contributed by atoms with Crippen LogP contribution in [0.5, 0.6) is 0 Å². The average Bonchev–Trinajstić information content (AvgIpc) is 3.13. The first kappa shape index (κ1) is 18.1. The number of aromatic amines is 1. The van der Waals surface area contributed by atoms with Crippen LogP contribution in [0.1, 0.15) is 24.0 Å². The maximum absolute atomic E-state index is 12.6. The Labute approximate surface area is 167 Å². The van der Waals surface area contributed by atoms with E-state index in [9.17, 15) is 4.79 Å².